The standard InChI is InChI=1S/C9H8O2S.C8H14O3S.C5H8O3S.C4H5ClO2S.C4H6O2S/c10-9-11-8(6-12-9)7-4-2-1-3-5-7;1-2-3-4-10-5-7-6-12-8(9)11-7;1-7-2-4-3-9-5(6)8-4;5-1-3-2-8-4(6)7-3;1-3-2-7-4(5)6-3/h1-5,8H,6H2;7H,2-6H2,1H3;4H,2-3H2,1H3;3H,1-2H2;3H,2H2,1H3. The molecule has 1 aromatic carbocycles. The molecule has 5 heterocycles. The maximum Gasteiger partial charge on any atom is 0.368 e. The van der Waals surface area contributed by atoms with Crippen LogP contribution >= 0.6 is 70.4 Å². The number of hydrogen-bond donors (Lipinski definition) is 0. The SMILES string of the molecule is CC1CSC(=O)O1.CCCCOCC1CSC(=O)O1.COCC1CSC(=O)O1.O=C1OC(CCl)CS1.O=C1OC(c2ccccc2)CS1. The highest BCUT2D eigenvalue weighted by atomic mass is 35.5. The number of halogens is 1. The zero-order valence-electron chi connectivity index (χ0n) is 26.9. The van der Waals surface area contributed by atoms with Crippen LogP contribution in [0.4, 0.5) is 24.0 Å². The van der Waals surface area contributed by atoms with Crippen molar-refractivity contribution in [1.29, 1.82) is 0 Å². The summed E-state index contributed by atoms with van der Waals surface area (Å²) in [7, 11) is 1.59. The lowest BCUT2D eigenvalue weighted by Crippen LogP contribution is -2.17. The molecule has 0 amide bonds. The summed E-state index contributed by atoms with van der Waals surface area (Å²) in [4.78, 5) is 52.3. The van der Waals surface area contributed by atoms with Gasteiger partial charge in [0.25, 0.3) is 0 Å². The number of alkyl halides is 1. The number of ether oxygens (including phenoxy) is 7. The fraction of sp³-hybridized carbons (Fsp3) is 0.633. The maximum absolute atomic E-state index is 10.8. The summed E-state index contributed by atoms with van der Waals surface area (Å²) in [6, 6.07) is 9.80. The minimum absolute atomic E-state index is 0.0145. The second-order valence-corrected chi connectivity index (χ2v) is 15.1. The Morgan fingerprint density at radius 2 is 1.19 bits per heavy atom. The van der Waals surface area contributed by atoms with E-state index in [-0.39, 0.29) is 57.0 Å². The Bertz CT molecular complexity index is 1130. The molecule has 0 bridgehead atoms. The van der Waals surface area contributed by atoms with Gasteiger partial charge in [-0.25, -0.2) is 24.0 Å². The number of rotatable bonds is 9. The molecule has 270 valence electrons. The zero-order valence-corrected chi connectivity index (χ0v) is 31.7. The molecule has 5 saturated heterocycles. The monoisotopic (exact) mass is 788 g/mol. The average Bonchev–Trinajstić information content (AvgIpc) is 3.93. The van der Waals surface area contributed by atoms with Crippen molar-refractivity contribution in [1.82, 2.24) is 0 Å². The van der Waals surface area contributed by atoms with Crippen LogP contribution in [0, 0.1) is 0 Å². The Labute approximate surface area is 307 Å². The molecule has 18 heteroatoms. The number of hydrogen-bond acceptors (Lipinski definition) is 17. The quantitative estimate of drug-likeness (QED) is 0.102. The number of unbranched alkanes of at least 4 members (excludes halogenated alkanes) is 1. The van der Waals surface area contributed by atoms with Gasteiger partial charge >= 0.3 is 26.5 Å². The lowest BCUT2D eigenvalue weighted by Gasteiger charge is -2.07. The van der Waals surface area contributed by atoms with Crippen molar-refractivity contribution in [2.75, 3.05) is 61.6 Å². The highest BCUT2D eigenvalue weighted by molar-refractivity contribution is 8.14. The van der Waals surface area contributed by atoms with Crippen molar-refractivity contribution in [2.45, 2.75) is 57.2 Å². The van der Waals surface area contributed by atoms with Gasteiger partial charge in [-0.05, 0) is 77.7 Å². The largest absolute Gasteiger partial charge is 0.454 e. The normalized spacial score (nSPS) is 25.3. The molecule has 5 unspecified atom stereocenters. The van der Waals surface area contributed by atoms with E-state index in [1.54, 1.807) is 7.11 Å². The Kier molecular flexibility index (Phi) is 22.7. The Hall–Kier alpha value is -1.47. The van der Waals surface area contributed by atoms with Gasteiger partial charge in [-0.15, -0.1) is 11.6 Å². The number of cyclic esters (lactones) is 5. The molecular weight excluding hydrogens is 748 g/mol. The van der Waals surface area contributed by atoms with Gasteiger partial charge in [-0.2, -0.15) is 0 Å². The fourth-order valence-electron chi connectivity index (χ4n) is 3.56. The minimum Gasteiger partial charge on any atom is -0.454 e. The molecule has 6 rings (SSSR count). The van der Waals surface area contributed by atoms with E-state index in [2.05, 4.69) is 11.7 Å². The summed E-state index contributed by atoms with van der Waals surface area (Å²) in [6.07, 6.45) is 2.23. The fourth-order valence-corrected chi connectivity index (χ4v) is 7.36. The van der Waals surface area contributed by atoms with Gasteiger partial charge in [0.2, 0.25) is 0 Å². The zero-order chi connectivity index (χ0) is 35.1. The Balaban J connectivity index is 0.000000212. The van der Waals surface area contributed by atoms with Crippen LogP contribution in [0.2, 0.25) is 0 Å². The molecule has 5 aliphatic heterocycles. The van der Waals surface area contributed by atoms with Crippen molar-refractivity contribution in [3.05, 3.63) is 35.9 Å². The van der Waals surface area contributed by atoms with E-state index >= 15 is 0 Å². The molecule has 0 spiro atoms. The van der Waals surface area contributed by atoms with E-state index in [9.17, 15) is 24.0 Å². The van der Waals surface area contributed by atoms with Gasteiger partial charge in [0.1, 0.15) is 30.5 Å². The van der Waals surface area contributed by atoms with Crippen molar-refractivity contribution < 1.29 is 57.1 Å². The van der Waals surface area contributed by atoms with Crippen LogP contribution in [0.1, 0.15) is 38.4 Å². The smallest absolute Gasteiger partial charge is 0.368 e. The van der Waals surface area contributed by atoms with E-state index in [0.29, 0.717) is 24.8 Å². The average molecular weight is 789 g/mol. The van der Waals surface area contributed by atoms with Gasteiger partial charge in [0.15, 0.2) is 0 Å². The van der Waals surface area contributed by atoms with E-state index < -0.39 is 0 Å². The number of thioether (sulfide) groups is 5. The molecule has 0 aliphatic carbocycles. The Morgan fingerprint density at radius 3 is 1.56 bits per heavy atom. The first-order valence-electron chi connectivity index (χ1n) is 15.0. The molecule has 0 aromatic heterocycles. The highest BCUT2D eigenvalue weighted by Gasteiger charge is 2.26. The third-order valence-electron chi connectivity index (χ3n) is 5.92. The molecule has 5 aliphatic rings. The minimum atomic E-state index is -0.198. The second kappa shape index (κ2) is 25.5. The van der Waals surface area contributed by atoms with Gasteiger partial charge in [-0.3, -0.25) is 0 Å². The van der Waals surface area contributed by atoms with Crippen molar-refractivity contribution in [3.63, 3.8) is 0 Å². The van der Waals surface area contributed by atoms with E-state index in [0.717, 1.165) is 48.0 Å². The molecule has 0 radical (unpaired) electrons. The molecule has 48 heavy (non-hydrogen) atoms. The second-order valence-electron chi connectivity index (χ2n) is 10.0. The molecule has 1 aromatic rings. The highest BCUT2D eigenvalue weighted by Crippen LogP contribution is 2.31. The van der Waals surface area contributed by atoms with E-state index in [1.165, 1.54) is 58.8 Å². The molecule has 5 atom stereocenters. The summed E-state index contributed by atoms with van der Waals surface area (Å²) in [6.45, 7) is 5.85. The van der Waals surface area contributed by atoms with Crippen LogP contribution in [-0.4, -0.2) is 112 Å². The van der Waals surface area contributed by atoms with Gasteiger partial charge < -0.3 is 33.2 Å². The van der Waals surface area contributed by atoms with Crippen molar-refractivity contribution in [3.8, 4) is 0 Å². The molecular formula is C30H41ClO12S5. The Morgan fingerprint density at radius 1 is 0.688 bits per heavy atom. The van der Waals surface area contributed by atoms with Gasteiger partial charge in [0.05, 0.1) is 19.1 Å². The number of carbonyl (C=O) groups is 5. The van der Waals surface area contributed by atoms with E-state index in [4.69, 9.17) is 40.0 Å². The lowest BCUT2D eigenvalue weighted by atomic mass is 10.1. The van der Waals surface area contributed by atoms with Crippen LogP contribution in [-0.2, 0) is 33.2 Å². The number of methoxy groups -OCH3 is 1. The van der Waals surface area contributed by atoms with Crippen LogP contribution in [0.25, 0.3) is 0 Å². The first-order chi connectivity index (χ1) is 23.1. The predicted molar refractivity (Wildman–Crippen MR) is 193 cm³/mol. The molecule has 0 N–H and O–H groups in total. The molecule has 5 fully saturated rings. The number of benzene rings is 1. The summed E-state index contributed by atoms with van der Waals surface area (Å²) >= 11 is 11.5. The van der Waals surface area contributed by atoms with Crippen molar-refractivity contribution in [2.24, 2.45) is 0 Å². The summed E-state index contributed by atoms with van der Waals surface area (Å²) in [5.41, 5.74) is 1.08. The van der Waals surface area contributed by atoms with Gasteiger partial charge in [-0.1, -0.05) is 43.7 Å². The number of carbonyl (C=O) groups excluding carboxylic acids is 5. The molecule has 12 nitrogen and oxygen atoms in total. The van der Waals surface area contributed by atoms with Crippen LogP contribution in [0.15, 0.2) is 30.3 Å². The summed E-state index contributed by atoms with van der Waals surface area (Å²) < 4.78 is 34.3. The molecule has 0 saturated carbocycles. The third-order valence-corrected chi connectivity index (χ3v) is 10.6. The topological polar surface area (TPSA) is 150 Å². The maximum atomic E-state index is 10.8. The summed E-state index contributed by atoms with van der Waals surface area (Å²) in [5, 5.41) is -0.844. The van der Waals surface area contributed by atoms with Crippen molar-refractivity contribution >= 4 is 96.9 Å². The third kappa shape index (κ3) is 19.1. The predicted octanol–water partition coefficient (Wildman–Crippen LogP) is 8.29. The van der Waals surface area contributed by atoms with E-state index in [1.807, 2.05) is 37.3 Å². The van der Waals surface area contributed by atoms with Crippen LogP contribution < -0.4 is 0 Å². The summed E-state index contributed by atoms with van der Waals surface area (Å²) in [5.74, 6) is 4.15. The lowest BCUT2D eigenvalue weighted by molar-refractivity contribution is 0.0448. The van der Waals surface area contributed by atoms with Gasteiger partial charge in [0, 0.05) is 42.5 Å². The van der Waals surface area contributed by atoms with Crippen LogP contribution in [0.5, 0.6) is 0 Å². The van der Waals surface area contributed by atoms with Crippen LogP contribution in [0.3, 0.4) is 0 Å². The first kappa shape index (κ1) is 42.7. The first-order valence-corrected chi connectivity index (χ1v) is 20.4.